The van der Waals surface area contributed by atoms with Crippen LogP contribution in [0.2, 0.25) is 5.02 Å². The fourth-order valence-electron chi connectivity index (χ4n) is 2.50. The molecule has 0 radical (unpaired) electrons. The maximum Gasteiger partial charge on any atom is 0.258 e. The second-order valence-corrected chi connectivity index (χ2v) is 6.23. The summed E-state index contributed by atoms with van der Waals surface area (Å²) in [7, 11) is 0. The first-order valence-corrected chi connectivity index (χ1v) is 8.56. The first-order chi connectivity index (χ1) is 13.2. The molecule has 7 nitrogen and oxygen atoms in total. The highest BCUT2D eigenvalue weighted by molar-refractivity contribution is 6.30. The number of hydrogen-bond acceptors (Lipinski definition) is 6. The molecule has 1 aliphatic heterocycles. The van der Waals surface area contributed by atoms with Gasteiger partial charge in [-0.1, -0.05) is 23.7 Å². The highest BCUT2D eigenvalue weighted by Gasteiger charge is 2.15. The fraction of sp³-hybridized carbons (Fsp3) is 0.105. The second-order valence-electron chi connectivity index (χ2n) is 5.80. The molecule has 4 rings (SSSR count). The lowest BCUT2D eigenvalue weighted by molar-refractivity contribution is 0.102. The van der Waals surface area contributed by atoms with E-state index in [4.69, 9.17) is 21.1 Å². The molecule has 1 amide bonds. The van der Waals surface area contributed by atoms with E-state index in [2.05, 4.69) is 20.6 Å². The summed E-state index contributed by atoms with van der Waals surface area (Å²) in [6, 6.07) is 12.7. The van der Waals surface area contributed by atoms with Gasteiger partial charge in [-0.15, -0.1) is 0 Å². The third-order valence-electron chi connectivity index (χ3n) is 3.91. The van der Waals surface area contributed by atoms with E-state index in [-0.39, 0.29) is 12.7 Å². The summed E-state index contributed by atoms with van der Waals surface area (Å²) in [5.41, 5.74) is 2.01. The first-order valence-electron chi connectivity index (χ1n) is 8.19. The van der Waals surface area contributed by atoms with E-state index in [9.17, 15) is 4.79 Å². The molecule has 0 unspecified atom stereocenters. The number of amides is 1. The molecule has 3 aromatic rings. The Labute approximate surface area is 160 Å². The normalized spacial score (nSPS) is 11.9. The van der Waals surface area contributed by atoms with E-state index < -0.39 is 0 Å². The fourth-order valence-corrected chi connectivity index (χ4v) is 2.62. The molecule has 0 aliphatic carbocycles. The molecular formula is C19H15ClN4O3. The van der Waals surface area contributed by atoms with Gasteiger partial charge in [0.2, 0.25) is 12.7 Å². The van der Waals surface area contributed by atoms with Gasteiger partial charge in [0.1, 0.15) is 0 Å². The van der Waals surface area contributed by atoms with E-state index >= 15 is 0 Å². The Hall–Kier alpha value is -3.32. The van der Waals surface area contributed by atoms with Gasteiger partial charge in [-0.25, -0.2) is 9.97 Å². The van der Waals surface area contributed by atoms with Crippen LogP contribution < -0.4 is 20.1 Å². The summed E-state index contributed by atoms with van der Waals surface area (Å²) in [5.74, 6) is 1.39. The number of rotatable bonds is 5. The minimum Gasteiger partial charge on any atom is -0.454 e. The van der Waals surface area contributed by atoms with Crippen LogP contribution in [0.25, 0.3) is 0 Å². The molecule has 27 heavy (non-hydrogen) atoms. The number of hydrogen-bond donors (Lipinski definition) is 2. The Kier molecular flexibility index (Phi) is 4.76. The number of fused-ring (bicyclic) bond motifs is 1. The van der Waals surface area contributed by atoms with E-state index in [0.29, 0.717) is 40.3 Å². The van der Waals surface area contributed by atoms with Crippen molar-refractivity contribution in [2.24, 2.45) is 0 Å². The largest absolute Gasteiger partial charge is 0.454 e. The molecule has 0 saturated carbocycles. The Bertz CT molecular complexity index is 962. The van der Waals surface area contributed by atoms with Crippen LogP contribution in [0, 0.1) is 0 Å². The Morgan fingerprint density at radius 3 is 2.56 bits per heavy atom. The molecule has 1 aromatic heterocycles. The lowest BCUT2D eigenvalue weighted by atomic mass is 10.2. The molecule has 2 aromatic carbocycles. The monoisotopic (exact) mass is 382 g/mol. The van der Waals surface area contributed by atoms with Gasteiger partial charge in [0, 0.05) is 35.7 Å². The molecule has 0 fully saturated rings. The number of benzene rings is 2. The van der Waals surface area contributed by atoms with E-state index in [1.54, 1.807) is 18.2 Å². The van der Waals surface area contributed by atoms with Crippen LogP contribution >= 0.6 is 11.6 Å². The van der Waals surface area contributed by atoms with Crippen molar-refractivity contribution in [1.29, 1.82) is 0 Å². The Morgan fingerprint density at radius 1 is 1.04 bits per heavy atom. The van der Waals surface area contributed by atoms with Crippen molar-refractivity contribution in [1.82, 2.24) is 9.97 Å². The van der Waals surface area contributed by atoms with Gasteiger partial charge in [0.15, 0.2) is 11.5 Å². The topological polar surface area (TPSA) is 85.4 Å². The van der Waals surface area contributed by atoms with Crippen molar-refractivity contribution in [3.05, 3.63) is 71.0 Å². The minimum absolute atomic E-state index is 0.186. The molecule has 1 aliphatic rings. The molecule has 136 valence electrons. The summed E-state index contributed by atoms with van der Waals surface area (Å²) in [4.78, 5) is 20.7. The maximum absolute atomic E-state index is 12.3. The smallest absolute Gasteiger partial charge is 0.258 e. The SMILES string of the molecule is O=C(Nc1ccc2c(c1)OCO2)c1cnc(NCc2ccc(Cl)cc2)nc1. The number of carbonyl (C=O) groups excluding carboxylic acids is 1. The van der Waals surface area contributed by atoms with Crippen LogP contribution in [0.4, 0.5) is 11.6 Å². The molecule has 8 heteroatoms. The lowest BCUT2D eigenvalue weighted by Crippen LogP contribution is -2.13. The van der Waals surface area contributed by atoms with Gasteiger partial charge in [-0.05, 0) is 29.8 Å². The molecule has 2 heterocycles. The van der Waals surface area contributed by atoms with Gasteiger partial charge in [0.25, 0.3) is 5.91 Å². The minimum atomic E-state index is -0.307. The summed E-state index contributed by atoms with van der Waals surface area (Å²) in [5, 5.41) is 6.57. The average Bonchev–Trinajstić information content (AvgIpc) is 3.16. The standard InChI is InChI=1S/C19H15ClN4O3/c20-14-3-1-12(2-4-14)8-21-19-22-9-13(10-23-19)18(25)24-15-5-6-16-17(7-15)27-11-26-16/h1-7,9-10H,8,11H2,(H,24,25)(H,21,22,23). The van der Waals surface area contributed by atoms with Crippen molar-refractivity contribution in [3.63, 3.8) is 0 Å². The molecule has 0 atom stereocenters. The van der Waals surface area contributed by atoms with E-state index in [1.165, 1.54) is 12.4 Å². The van der Waals surface area contributed by atoms with Gasteiger partial charge in [0.05, 0.1) is 5.56 Å². The highest BCUT2D eigenvalue weighted by atomic mass is 35.5. The lowest BCUT2D eigenvalue weighted by Gasteiger charge is -2.07. The van der Waals surface area contributed by atoms with Crippen LogP contribution in [0.3, 0.4) is 0 Å². The number of nitrogens with one attached hydrogen (secondary N) is 2. The van der Waals surface area contributed by atoms with Crippen LogP contribution in [0.5, 0.6) is 11.5 Å². The van der Waals surface area contributed by atoms with Gasteiger partial charge >= 0.3 is 0 Å². The Balaban J connectivity index is 1.36. The zero-order valence-corrected chi connectivity index (χ0v) is 14.9. The predicted molar refractivity (Wildman–Crippen MR) is 101 cm³/mol. The molecule has 0 bridgehead atoms. The van der Waals surface area contributed by atoms with Crippen molar-refractivity contribution >= 4 is 29.1 Å². The van der Waals surface area contributed by atoms with Crippen molar-refractivity contribution in [3.8, 4) is 11.5 Å². The number of halogens is 1. The highest BCUT2D eigenvalue weighted by Crippen LogP contribution is 2.34. The zero-order chi connectivity index (χ0) is 18.6. The van der Waals surface area contributed by atoms with Gasteiger partial charge in [-0.3, -0.25) is 4.79 Å². The maximum atomic E-state index is 12.3. The van der Waals surface area contributed by atoms with Gasteiger partial charge in [-0.2, -0.15) is 0 Å². The molecular weight excluding hydrogens is 368 g/mol. The van der Waals surface area contributed by atoms with Gasteiger partial charge < -0.3 is 20.1 Å². The third-order valence-corrected chi connectivity index (χ3v) is 4.16. The first kappa shape index (κ1) is 17.1. The summed E-state index contributed by atoms with van der Waals surface area (Å²) < 4.78 is 10.5. The number of ether oxygens (including phenoxy) is 2. The van der Waals surface area contributed by atoms with Crippen molar-refractivity contribution in [2.45, 2.75) is 6.54 Å². The van der Waals surface area contributed by atoms with Crippen molar-refractivity contribution < 1.29 is 14.3 Å². The Morgan fingerprint density at radius 2 is 1.78 bits per heavy atom. The van der Waals surface area contributed by atoms with Crippen LogP contribution in [-0.2, 0) is 6.54 Å². The second kappa shape index (κ2) is 7.51. The van der Waals surface area contributed by atoms with Crippen LogP contribution in [-0.4, -0.2) is 22.7 Å². The number of carbonyl (C=O) groups is 1. The van der Waals surface area contributed by atoms with E-state index in [1.807, 2.05) is 24.3 Å². The summed E-state index contributed by atoms with van der Waals surface area (Å²) in [6.07, 6.45) is 2.94. The van der Waals surface area contributed by atoms with Crippen LogP contribution in [0.15, 0.2) is 54.9 Å². The van der Waals surface area contributed by atoms with Crippen molar-refractivity contribution in [2.75, 3.05) is 17.4 Å². The molecule has 2 N–H and O–H groups in total. The number of aromatic nitrogens is 2. The number of anilines is 2. The quantitative estimate of drug-likeness (QED) is 0.699. The summed E-state index contributed by atoms with van der Waals surface area (Å²) >= 11 is 5.87. The molecule has 0 saturated heterocycles. The molecule has 0 spiro atoms. The van der Waals surface area contributed by atoms with E-state index in [0.717, 1.165) is 5.56 Å². The van der Waals surface area contributed by atoms with Crippen LogP contribution in [0.1, 0.15) is 15.9 Å². The number of nitrogens with zero attached hydrogens (tertiary/aromatic N) is 2. The third kappa shape index (κ3) is 4.09. The predicted octanol–water partition coefficient (Wildman–Crippen LogP) is 3.72. The zero-order valence-electron chi connectivity index (χ0n) is 14.1. The average molecular weight is 383 g/mol. The summed E-state index contributed by atoms with van der Waals surface area (Å²) in [6.45, 7) is 0.741.